The average molecular weight is 971 g/mol. The van der Waals surface area contributed by atoms with Crippen LogP contribution in [0.3, 0.4) is 0 Å². The molecule has 4 heteroatoms. The van der Waals surface area contributed by atoms with E-state index in [0.29, 0.717) is 12.8 Å². The van der Waals surface area contributed by atoms with Crippen molar-refractivity contribution in [2.24, 2.45) is 0 Å². The van der Waals surface area contributed by atoms with E-state index in [-0.39, 0.29) is 12.5 Å². The van der Waals surface area contributed by atoms with Crippen LogP contribution in [0.25, 0.3) is 0 Å². The molecule has 0 fully saturated rings. The Balaban J connectivity index is 3.40. The third kappa shape index (κ3) is 57.6. The van der Waals surface area contributed by atoms with Crippen molar-refractivity contribution in [2.45, 2.75) is 379 Å². The van der Waals surface area contributed by atoms with Gasteiger partial charge >= 0.3 is 0 Å². The summed E-state index contributed by atoms with van der Waals surface area (Å²) < 4.78 is 0. The molecule has 2 unspecified atom stereocenters. The number of hydrogen-bond acceptors (Lipinski definition) is 3. The van der Waals surface area contributed by atoms with Crippen molar-refractivity contribution in [3.8, 4) is 0 Å². The fourth-order valence-electron chi connectivity index (χ4n) is 10.3. The van der Waals surface area contributed by atoms with Gasteiger partial charge in [0.1, 0.15) is 0 Å². The van der Waals surface area contributed by atoms with Gasteiger partial charge in [0.2, 0.25) is 5.91 Å². The van der Waals surface area contributed by atoms with Gasteiger partial charge in [0.15, 0.2) is 0 Å². The van der Waals surface area contributed by atoms with Crippen molar-refractivity contribution in [3.63, 3.8) is 0 Å². The van der Waals surface area contributed by atoms with Crippen LogP contribution < -0.4 is 5.32 Å². The summed E-state index contributed by atoms with van der Waals surface area (Å²) in [7, 11) is 0. The zero-order chi connectivity index (χ0) is 49.9. The fraction of sp³-hybridized carbons (Fsp3) is 0.923. The molecule has 0 bridgehead atoms. The van der Waals surface area contributed by atoms with Crippen LogP contribution in [-0.4, -0.2) is 34.9 Å². The van der Waals surface area contributed by atoms with Crippen LogP contribution in [0.5, 0.6) is 0 Å². The number of aliphatic hydroxyl groups excluding tert-OH is 2. The summed E-state index contributed by atoms with van der Waals surface area (Å²) in [6.45, 7) is 4.39. The van der Waals surface area contributed by atoms with E-state index in [1.54, 1.807) is 0 Å². The number of carbonyl (C=O) groups excluding carboxylic acids is 1. The van der Waals surface area contributed by atoms with Gasteiger partial charge in [-0.15, -0.1) is 0 Å². The largest absolute Gasteiger partial charge is 0.394 e. The molecule has 0 saturated heterocycles. The number of amides is 1. The molecule has 0 aromatic carbocycles. The Morgan fingerprint density at radius 1 is 0.348 bits per heavy atom. The minimum absolute atomic E-state index is 0.0237. The van der Waals surface area contributed by atoms with Crippen molar-refractivity contribution >= 4 is 5.91 Å². The molecule has 0 aliphatic heterocycles. The molecule has 3 N–H and O–H groups in total. The summed E-state index contributed by atoms with van der Waals surface area (Å²) in [5, 5.41) is 23.4. The maximum atomic E-state index is 12.5. The second-order valence-electron chi connectivity index (χ2n) is 22.2. The van der Waals surface area contributed by atoms with Gasteiger partial charge in [-0.2, -0.15) is 0 Å². The van der Waals surface area contributed by atoms with E-state index >= 15 is 0 Å². The third-order valence-electron chi connectivity index (χ3n) is 15.2. The Morgan fingerprint density at radius 2 is 0.594 bits per heavy atom. The van der Waals surface area contributed by atoms with Crippen molar-refractivity contribution in [3.05, 3.63) is 24.3 Å². The van der Waals surface area contributed by atoms with E-state index in [2.05, 4.69) is 43.5 Å². The number of aliphatic hydroxyl groups is 2. The van der Waals surface area contributed by atoms with Crippen molar-refractivity contribution in [1.29, 1.82) is 0 Å². The van der Waals surface area contributed by atoms with Gasteiger partial charge in [-0.3, -0.25) is 4.79 Å². The second kappa shape index (κ2) is 61.2. The van der Waals surface area contributed by atoms with E-state index < -0.39 is 12.1 Å². The molecule has 0 radical (unpaired) electrons. The first-order valence-corrected chi connectivity index (χ1v) is 32.0. The summed E-state index contributed by atoms with van der Waals surface area (Å²) in [6.07, 6.45) is 82.0. The Hall–Kier alpha value is -1.13. The Kier molecular flexibility index (Phi) is 60.2. The summed E-state index contributed by atoms with van der Waals surface area (Å²) in [5.41, 5.74) is 0. The predicted octanol–water partition coefficient (Wildman–Crippen LogP) is 21.4. The first kappa shape index (κ1) is 67.9. The molecule has 0 rings (SSSR count). The summed E-state index contributed by atoms with van der Waals surface area (Å²) in [4.78, 5) is 12.5. The van der Waals surface area contributed by atoms with Crippen LogP contribution in [0.15, 0.2) is 24.3 Å². The van der Waals surface area contributed by atoms with E-state index in [9.17, 15) is 15.0 Å². The third-order valence-corrected chi connectivity index (χ3v) is 15.2. The van der Waals surface area contributed by atoms with E-state index in [4.69, 9.17) is 0 Å². The molecule has 0 aliphatic rings. The summed E-state index contributed by atoms with van der Waals surface area (Å²) >= 11 is 0. The predicted molar refractivity (Wildman–Crippen MR) is 309 cm³/mol. The van der Waals surface area contributed by atoms with Crippen LogP contribution in [-0.2, 0) is 4.79 Å². The summed E-state index contributed by atoms with van der Waals surface area (Å²) in [6, 6.07) is -0.536. The van der Waals surface area contributed by atoms with Gasteiger partial charge in [0.05, 0.1) is 18.8 Å². The Morgan fingerprint density at radius 3 is 0.870 bits per heavy atom. The van der Waals surface area contributed by atoms with E-state index in [0.717, 1.165) is 32.1 Å². The quantitative estimate of drug-likeness (QED) is 0.0420. The number of unbranched alkanes of at least 4 members (excludes halogenated alkanes) is 49. The van der Waals surface area contributed by atoms with Gasteiger partial charge in [0, 0.05) is 6.42 Å². The molecule has 0 aromatic rings. The van der Waals surface area contributed by atoms with Crippen molar-refractivity contribution in [2.75, 3.05) is 6.61 Å². The lowest BCUT2D eigenvalue weighted by atomic mass is 10.0. The Labute approximate surface area is 434 Å². The number of rotatable bonds is 60. The highest BCUT2D eigenvalue weighted by Gasteiger charge is 2.20. The van der Waals surface area contributed by atoms with E-state index in [1.165, 1.54) is 308 Å². The molecule has 410 valence electrons. The SMILES string of the molecule is CCCCCCC/C=C\C/C=C\CCCCCCCCCCCCCCCCCCCC(=O)NC(CO)C(O)CCCCCCCCCCCCCCCCCCCCCCCCCCCCCC. The van der Waals surface area contributed by atoms with Gasteiger partial charge in [-0.25, -0.2) is 0 Å². The molecule has 4 nitrogen and oxygen atoms in total. The zero-order valence-corrected chi connectivity index (χ0v) is 47.4. The van der Waals surface area contributed by atoms with Crippen LogP contribution in [0.1, 0.15) is 367 Å². The number of carbonyl (C=O) groups is 1. The molecule has 69 heavy (non-hydrogen) atoms. The first-order chi connectivity index (χ1) is 34.2. The molecule has 0 spiro atoms. The topological polar surface area (TPSA) is 69.6 Å². The molecule has 1 amide bonds. The lowest BCUT2D eigenvalue weighted by Crippen LogP contribution is -2.45. The molecular weight excluding hydrogens is 843 g/mol. The van der Waals surface area contributed by atoms with E-state index in [1.807, 2.05) is 0 Å². The zero-order valence-electron chi connectivity index (χ0n) is 47.4. The Bertz CT molecular complexity index is 1010. The van der Waals surface area contributed by atoms with Gasteiger partial charge in [-0.05, 0) is 44.9 Å². The minimum Gasteiger partial charge on any atom is -0.394 e. The van der Waals surface area contributed by atoms with Gasteiger partial charge in [0.25, 0.3) is 0 Å². The number of allylic oxidation sites excluding steroid dienone is 4. The standard InChI is InChI=1S/C65H127NO3/c1-3-5-7-9-11-13-15-17-19-21-23-25-27-29-31-33-35-37-39-41-43-45-47-49-51-53-55-57-59-61-65(69)66-63(62-67)64(68)60-58-56-54-52-50-48-46-44-42-40-38-36-34-32-30-28-26-24-22-20-18-16-14-12-10-8-6-4-2/h15,17,21,23,63-64,67-68H,3-14,16,18-20,22,24-62H2,1-2H3,(H,66,69)/b17-15-,23-21-. The molecule has 0 aromatic heterocycles. The van der Waals surface area contributed by atoms with Crippen LogP contribution in [0.2, 0.25) is 0 Å². The molecular formula is C65H127NO3. The fourth-order valence-corrected chi connectivity index (χ4v) is 10.3. The lowest BCUT2D eigenvalue weighted by Gasteiger charge is -2.22. The maximum absolute atomic E-state index is 12.5. The summed E-state index contributed by atoms with van der Waals surface area (Å²) in [5.74, 6) is -0.0237. The minimum atomic E-state index is -0.659. The monoisotopic (exact) mass is 970 g/mol. The first-order valence-electron chi connectivity index (χ1n) is 32.0. The average Bonchev–Trinajstić information content (AvgIpc) is 3.35. The normalized spacial score (nSPS) is 12.8. The van der Waals surface area contributed by atoms with Crippen LogP contribution in [0.4, 0.5) is 0 Å². The second-order valence-corrected chi connectivity index (χ2v) is 22.2. The molecule has 0 saturated carbocycles. The number of nitrogens with one attached hydrogen (secondary N) is 1. The molecule has 0 aliphatic carbocycles. The molecule has 0 heterocycles. The highest BCUT2D eigenvalue weighted by Crippen LogP contribution is 2.19. The van der Waals surface area contributed by atoms with Crippen LogP contribution in [0, 0.1) is 0 Å². The van der Waals surface area contributed by atoms with Crippen molar-refractivity contribution < 1.29 is 15.0 Å². The highest BCUT2D eigenvalue weighted by atomic mass is 16.3. The van der Waals surface area contributed by atoms with Crippen LogP contribution >= 0.6 is 0 Å². The van der Waals surface area contributed by atoms with Gasteiger partial charge < -0.3 is 15.5 Å². The lowest BCUT2D eigenvalue weighted by molar-refractivity contribution is -0.123. The smallest absolute Gasteiger partial charge is 0.220 e. The van der Waals surface area contributed by atoms with Gasteiger partial charge in [-0.1, -0.05) is 340 Å². The number of hydrogen-bond donors (Lipinski definition) is 3. The highest BCUT2D eigenvalue weighted by molar-refractivity contribution is 5.76. The maximum Gasteiger partial charge on any atom is 0.220 e. The van der Waals surface area contributed by atoms with Crippen molar-refractivity contribution in [1.82, 2.24) is 5.32 Å². The molecule has 2 atom stereocenters.